The van der Waals surface area contributed by atoms with Gasteiger partial charge in [-0.05, 0) is 26.3 Å². The molecule has 0 bridgehead atoms. The number of rotatable bonds is 5. The van der Waals surface area contributed by atoms with Crippen molar-refractivity contribution in [1.29, 1.82) is 0 Å². The quantitative estimate of drug-likeness (QED) is 0.614. The van der Waals surface area contributed by atoms with Crippen molar-refractivity contribution >= 4 is 5.96 Å². The molecule has 5 nitrogen and oxygen atoms in total. The first-order valence-electron chi connectivity index (χ1n) is 9.64. The number of hydrogen-bond donors (Lipinski definition) is 1. The third-order valence-corrected chi connectivity index (χ3v) is 6.44. The molecule has 5 heteroatoms. The molecule has 2 heterocycles. The lowest BCUT2D eigenvalue weighted by atomic mass is 9.65. The smallest absolute Gasteiger partial charge is 0.194 e. The molecule has 0 spiro atoms. The summed E-state index contributed by atoms with van der Waals surface area (Å²) in [5.74, 6) is 1.69. The Hall–Kier alpha value is -0.810. The summed E-state index contributed by atoms with van der Waals surface area (Å²) in [6.45, 7) is 23.2. The fourth-order valence-corrected chi connectivity index (χ4v) is 3.75. The molecular formula is C19H39N5. The van der Waals surface area contributed by atoms with Crippen molar-refractivity contribution in [3.63, 3.8) is 0 Å². The topological polar surface area (TPSA) is 34.1 Å². The SMILES string of the molecule is CCN1CCN(CC(C)CNC(=NC)N2CC(C)(C)C2(C)C)CC1. The summed E-state index contributed by atoms with van der Waals surface area (Å²) in [5, 5.41) is 3.61. The monoisotopic (exact) mass is 337 g/mol. The van der Waals surface area contributed by atoms with Crippen molar-refractivity contribution in [2.24, 2.45) is 16.3 Å². The van der Waals surface area contributed by atoms with Gasteiger partial charge in [0.25, 0.3) is 0 Å². The first kappa shape index (κ1) is 19.5. The van der Waals surface area contributed by atoms with Gasteiger partial charge < -0.3 is 20.0 Å². The first-order chi connectivity index (χ1) is 11.2. The molecule has 2 aliphatic heterocycles. The molecule has 0 amide bonds. The van der Waals surface area contributed by atoms with Gasteiger partial charge in [-0.2, -0.15) is 0 Å². The lowest BCUT2D eigenvalue weighted by molar-refractivity contribution is -0.0668. The zero-order valence-electron chi connectivity index (χ0n) is 17.0. The van der Waals surface area contributed by atoms with E-state index >= 15 is 0 Å². The Morgan fingerprint density at radius 2 is 1.67 bits per heavy atom. The van der Waals surface area contributed by atoms with Crippen LogP contribution >= 0.6 is 0 Å². The average Bonchev–Trinajstić information content (AvgIpc) is 2.55. The molecule has 140 valence electrons. The average molecular weight is 338 g/mol. The van der Waals surface area contributed by atoms with E-state index in [0.717, 1.165) is 19.0 Å². The highest BCUT2D eigenvalue weighted by molar-refractivity contribution is 5.82. The number of nitrogens with zero attached hydrogens (tertiary/aromatic N) is 4. The molecule has 0 aromatic rings. The van der Waals surface area contributed by atoms with E-state index in [4.69, 9.17) is 0 Å². The Morgan fingerprint density at radius 1 is 1.08 bits per heavy atom. The fourth-order valence-electron chi connectivity index (χ4n) is 3.75. The summed E-state index contributed by atoms with van der Waals surface area (Å²) in [7, 11) is 1.90. The van der Waals surface area contributed by atoms with Gasteiger partial charge in [0.15, 0.2) is 5.96 Å². The van der Waals surface area contributed by atoms with Crippen LogP contribution in [0.5, 0.6) is 0 Å². The van der Waals surface area contributed by atoms with E-state index < -0.39 is 0 Å². The summed E-state index contributed by atoms with van der Waals surface area (Å²) in [4.78, 5) is 12.1. The predicted octanol–water partition coefficient (Wildman–Crippen LogP) is 1.96. The number of likely N-dealkylation sites (tertiary alicyclic amines) is 1. The van der Waals surface area contributed by atoms with Crippen LogP contribution in [-0.4, -0.2) is 85.6 Å². The summed E-state index contributed by atoms with van der Waals surface area (Å²) in [6, 6.07) is 0. The Balaban J connectivity index is 1.76. The van der Waals surface area contributed by atoms with Crippen LogP contribution in [0.4, 0.5) is 0 Å². The first-order valence-corrected chi connectivity index (χ1v) is 9.64. The molecule has 1 atom stereocenters. The molecule has 2 aliphatic rings. The molecule has 0 aliphatic carbocycles. The molecule has 0 saturated carbocycles. The van der Waals surface area contributed by atoms with E-state index in [2.05, 4.69) is 66.6 Å². The van der Waals surface area contributed by atoms with Gasteiger partial charge in [-0.3, -0.25) is 4.99 Å². The minimum Gasteiger partial charge on any atom is -0.356 e. The highest BCUT2D eigenvalue weighted by Crippen LogP contribution is 2.46. The largest absolute Gasteiger partial charge is 0.356 e. The number of nitrogens with one attached hydrogen (secondary N) is 1. The molecule has 24 heavy (non-hydrogen) atoms. The molecule has 2 saturated heterocycles. The number of likely N-dealkylation sites (N-methyl/N-ethyl adjacent to an activating group) is 1. The maximum atomic E-state index is 4.52. The van der Waals surface area contributed by atoms with Crippen LogP contribution in [0.2, 0.25) is 0 Å². The zero-order valence-corrected chi connectivity index (χ0v) is 17.0. The summed E-state index contributed by atoms with van der Waals surface area (Å²) < 4.78 is 0. The number of hydrogen-bond acceptors (Lipinski definition) is 3. The molecule has 0 radical (unpaired) electrons. The Bertz CT molecular complexity index is 435. The highest BCUT2D eigenvalue weighted by atomic mass is 15.4. The van der Waals surface area contributed by atoms with Crippen LogP contribution in [0.3, 0.4) is 0 Å². The van der Waals surface area contributed by atoms with Gasteiger partial charge in [0, 0.05) is 63.8 Å². The van der Waals surface area contributed by atoms with E-state index in [-0.39, 0.29) is 5.54 Å². The lowest BCUT2D eigenvalue weighted by Gasteiger charge is -2.62. The van der Waals surface area contributed by atoms with Gasteiger partial charge in [-0.1, -0.05) is 27.7 Å². The normalized spacial score (nSPS) is 26.1. The van der Waals surface area contributed by atoms with Crippen LogP contribution in [0.15, 0.2) is 4.99 Å². The van der Waals surface area contributed by atoms with E-state index in [1.807, 2.05) is 7.05 Å². The lowest BCUT2D eigenvalue weighted by Crippen LogP contribution is -2.72. The summed E-state index contributed by atoms with van der Waals surface area (Å²) in [6.07, 6.45) is 0. The standard InChI is InChI=1S/C19H39N5/c1-8-22-9-11-23(12-10-22)14-16(2)13-21-17(20-7)24-15-18(3,4)19(24,5)6/h16H,8-15H2,1-7H3,(H,20,21). The number of piperazine rings is 1. The van der Waals surface area contributed by atoms with E-state index in [1.54, 1.807) is 0 Å². The van der Waals surface area contributed by atoms with Crippen molar-refractivity contribution < 1.29 is 0 Å². The molecule has 2 fully saturated rings. The van der Waals surface area contributed by atoms with Gasteiger partial charge in [0.1, 0.15) is 0 Å². The Kier molecular flexibility index (Phi) is 6.19. The van der Waals surface area contributed by atoms with Crippen LogP contribution in [0, 0.1) is 11.3 Å². The molecule has 1 unspecified atom stereocenters. The van der Waals surface area contributed by atoms with Gasteiger partial charge in [-0.15, -0.1) is 0 Å². The second-order valence-corrected chi connectivity index (χ2v) is 8.80. The molecule has 1 N–H and O–H groups in total. The Morgan fingerprint density at radius 3 is 2.12 bits per heavy atom. The fraction of sp³-hybridized carbons (Fsp3) is 0.947. The Labute approximate surface area is 149 Å². The van der Waals surface area contributed by atoms with Crippen molar-refractivity contribution in [3.8, 4) is 0 Å². The van der Waals surface area contributed by atoms with Crippen molar-refractivity contribution in [1.82, 2.24) is 20.0 Å². The second kappa shape index (κ2) is 7.61. The summed E-state index contributed by atoms with van der Waals surface area (Å²) in [5.41, 5.74) is 0.504. The van der Waals surface area contributed by atoms with Crippen LogP contribution in [0.25, 0.3) is 0 Å². The van der Waals surface area contributed by atoms with Gasteiger partial charge in [-0.25, -0.2) is 0 Å². The third-order valence-electron chi connectivity index (χ3n) is 6.44. The minimum atomic E-state index is 0.161. The van der Waals surface area contributed by atoms with Gasteiger partial charge in [0.05, 0.1) is 0 Å². The molecule has 0 aromatic heterocycles. The third kappa shape index (κ3) is 4.05. The van der Waals surface area contributed by atoms with Gasteiger partial charge in [0.2, 0.25) is 0 Å². The van der Waals surface area contributed by atoms with Crippen LogP contribution in [0.1, 0.15) is 41.5 Å². The molecule has 2 rings (SSSR count). The van der Waals surface area contributed by atoms with Crippen LogP contribution < -0.4 is 5.32 Å². The predicted molar refractivity (Wildman–Crippen MR) is 104 cm³/mol. The van der Waals surface area contributed by atoms with Crippen molar-refractivity contribution in [2.45, 2.75) is 47.1 Å². The second-order valence-electron chi connectivity index (χ2n) is 8.80. The maximum absolute atomic E-state index is 4.52. The van der Waals surface area contributed by atoms with E-state index in [0.29, 0.717) is 11.3 Å². The van der Waals surface area contributed by atoms with E-state index in [1.165, 1.54) is 39.3 Å². The molecule has 0 aromatic carbocycles. The van der Waals surface area contributed by atoms with E-state index in [9.17, 15) is 0 Å². The number of aliphatic imine (C=N–C) groups is 1. The van der Waals surface area contributed by atoms with Crippen molar-refractivity contribution in [3.05, 3.63) is 0 Å². The minimum absolute atomic E-state index is 0.161. The summed E-state index contributed by atoms with van der Waals surface area (Å²) >= 11 is 0. The van der Waals surface area contributed by atoms with Crippen LogP contribution in [-0.2, 0) is 0 Å². The molecular weight excluding hydrogens is 298 g/mol. The van der Waals surface area contributed by atoms with Crippen molar-refractivity contribution in [2.75, 3.05) is 59.4 Å². The number of guanidine groups is 1. The maximum Gasteiger partial charge on any atom is 0.194 e. The van der Waals surface area contributed by atoms with Gasteiger partial charge >= 0.3 is 0 Å². The highest BCUT2D eigenvalue weighted by Gasteiger charge is 2.53. The zero-order chi connectivity index (χ0) is 18.0.